The van der Waals surface area contributed by atoms with Crippen LogP contribution in [0.15, 0.2) is 11.1 Å². The number of hydrogen-bond acceptors (Lipinski definition) is 9. The van der Waals surface area contributed by atoms with Crippen molar-refractivity contribution in [1.82, 2.24) is 18.5 Å². The number of thiol groups is 1. The SMILES string of the molecule is Nc1nc(=O)c2ncn([C@@H]3O[C@H](CO)[C@@H](O)[C@H]3O)c2n1S. The summed E-state index contributed by atoms with van der Waals surface area (Å²) in [5, 5.41) is 28.9. The summed E-state index contributed by atoms with van der Waals surface area (Å²) in [4.78, 5) is 19.2. The molecule has 0 aliphatic carbocycles. The van der Waals surface area contributed by atoms with Crippen molar-refractivity contribution in [2.75, 3.05) is 12.3 Å². The number of rotatable bonds is 2. The minimum Gasteiger partial charge on any atom is -0.394 e. The van der Waals surface area contributed by atoms with Crippen molar-refractivity contribution in [1.29, 1.82) is 0 Å². The standard InChI is InChI=1S/C10H13N5O5S/c11-10-13-7(19)4-8(15(10)21)14(2-12-4)9-6(18)5(17)3(1-16)20-9/h2-3,5-6,9,16-18,21H,1H2,(H2,11,13,19)/t3-,5-,6-,9-/m1/s1. The van der Waals surface area contributed by atoms with Crippen LogP contribution in [0.25, 0.3) is 11.2 Å². The van der Waals surface area contributed by atoms with Crippen LogP contribution in [0.3, 0.4) is 0 Å². The molecule has 1 aliphatic rings. The average molecular weight is 315 g/mol. The molecule has 1 saturated heterocycles. The maximum absolute atomic E-state index is 11.7. The number of nitrogens with zero attached hydrogens (tertiary/aromatic N) is 4. The number of ether oxygens (including phenoxy) is 1. The molecule has 10 nitrogen and oxygen atoms in total. The van der Waals surface area contributed by atoms with Crippen LogP contribution in [0.4, 0.5) is 5.95 Å². The Morgan fingerprint density at radius 2 is 2.14 bits per heavy atom. The maximum atomic E-state index is 11.7. The van der Waals surface area contributed by atoms with Crippen LogP contribution >= 0.6 is 12.8 Å². The summed E-state index contributed by atoms with van der Waals surface area (Å²) in [5.74, 6) is -0.149. The lowest BCUT2D eigenvalue weighted by Crippen LogP contribution is -2.33. The van der Waals surface area contributed by atoms with E-state index in [0.717, 1.165) is 3.97 Å². The third kappa shape index (κ3) is 2.01. The molecule has 21 heavy (non-hydrogen) atoms. The second-order valence-electron chi connectivity index (χ2n) is 4.64. The van der Waals surface area contributed by atoms with E-state index in [9.17, 15) is 15.0 Å². The first-order valence-electron chi connectivity index (χ1n) is 6.02. The third-order valence-electron chi connectivity index (χ3n) is 3.40. The summed E-state index contributed by atoms with van der Waals surface area (Å²) < 4.78 is 7.82. The van der Waals surface area contributed by atoms with Crippen LogP contribution in [0.1, 0.15) is 6.23 Å². The van der Waals surface area contributed by atoms with Crippen LogP contribution < -0.4 is 11.3 Å². The molecule has 0 radical (unpaired) electrons. The average Bonchev–Trinajstić information content (AvgIpc) is 3.00. The number of hydrogen-bond donors (Lipinski definition) is 5. The number of aromatic nitrogens is 4. The zero-order chi connectivity index (χ0) is 15.3. The van der Waals surface area contributed by atoms with Crippen LogP contribution in [0.2, 0.25) is 0 Å². The Hall–Kier alpha value is -1.66. The molecule has 2 aromatic rings. The molecular formula is C10H13N5O5S. The van der Waals surface area contributed by atoms with Crippen molar-refractivity contribution >= 4 is 29.9 Å². The van der Waals surface area contributed by atoms with Crippen molar-refractivity contribution in [2.24, 2.45) is 0 Å². The molecule has 1 aliphatic heterocycles. The minimum atomic E-state index is -1.31. The van der Waals surface area contributed by atoms with Gasteiger partial charge in [0.25, 0.3) is 0 Å². The molecule has 0 unspecified atom stereocenters. The van der Waals surface area contributed by atoms with Gasteiger partial charge >= 0.3 is 5.56 Å². The Labute approximate surface area is 123 Å². The van der Waals surface area contributed by atoms with Gasteiger partial charge < -0.3 is 25.8 Å². The summed E-state index contributed by atoms with van der Waals surface area (Å²) >= 11 is 4.12. The summed E-state index contributed by atoms with van der Waals surface area (Å²) in [7, 11) is 0. The molecule has 2 aromatic heterocycles. The van der Waals surface area contributed by atoms with Gasteiger partial charge in [-0.2, -0.15) is 4.98 Å². The van der Waals surface area contributed by atoms with Crippen molar-refractivity contribution < 1.29 is 20.1 Å². The number of nitrogen functional groups attached to an aromatic ring is 1. The fourth-order valence-corrected chi connectivity index (χ4v) is 2.57. The van der Waals surface area contributed by atoms with E-state index < -0.39 is 36.7 Å². The first-order chi connectivity index (χ1) is 9.95. The van der Waals surface area contributed by atoms with E-state index >= 15 is 0 Å². The normalized spacial score (nSPS) is 29.3. The van der Waals surface area contributed by atoms with Gasteiger partial charge in [0.15, 0.2) is 17.4 Å². The topological polar surface area (TPSA) is 149 Å². The van der Waals surface area contributed by atoms with Crippen molar-refractivity contribution in [3.63, 3.8) is 0 Å². The number of imidazole rings is 1. The highest BCUT2D eigenvalue weighted by Gasteiger charge is 2.44. The molecule has 3 rings (SSSR count). The number of aliphatic hydroxyl groups is 3. The number of aliphatic hydroxyl groups excluding tert-OH is 3. The fourth-order valence-electron chi connectivity index (χ4n) is 2.32. The lowest BCUT2D eigenvalue weighted by Gasteiger charge is -2.18. The first kappa shape index (κ1) is 14.3. The zero-order valence-corrected chi connectivity index (χ0v) is 11.5. The molecule has 114 valence electrons. The van der Waals surface area contributed by atoms with Crippen molar-refractivity contribution in [3.05, 3.63) is 16.7 Å². The fraction of sp³-hybridized carbons (Fsp3) is 0.500. The van der Waals surface area contributed by atoms with Crippen molar-refractivity contribution in [2.45, 2.75) is 24.5 Å². The van der Waals surface area contributed by atoms with Gasteiger partial charge in [-0.15, -0.1) is 0 Å². The summed E-state index contributed by atoms with van der Waals surface area (Å²) in [6.07, 6.45) is -3.31. The minimum absolute atomic E-state index is 0.00283. The third-order valence-corrected chi connectivity index (χ3v) is 3.79. The van der Waals surface area contributed by atoms with Gasteiger partial charge in [0, 0.05) is 0 Å². The largest absolute Gasteiger partial charge is 0.394 e. The van der Waals surface area contributed by atoms with Gasteiger partial charge in [-0.3, -0.25) is 9.36 Å². The maximum Gasteiger partial charge on any atom is 0.302 e. The molecule has 4 atom stereocenters. The number of anilines is 1. The quantitative estimate of drug-likeness (QED) is 0.381. The van der Waals surface area contributed by atoms with Gasteiger partial charge in [-0.05, 0) is 0 Å². The summed E-state index contributed by atoms with van der Waals surface area (Å²) in [5.41, 5.74) is 5.10. The van der Waals surface area contributed by atoms with Crippen LogP contribution in [0, 0.1) is 0 Å². The highest BCUT2D eigenvalue weighted by molar-refractivity contribution is 7.78. The molecule has 11 heteroatoms. The monoisotopic (exact) mass is 315 g/mol. The highest BCUT2D eigenvalue weighted by Crippen LogP contribution is 2.31. The van der Waals surface area contributed by atoms with E-state index in [1.165, 1.54) is 10.9 Å². The predicted octanol–water partition coefficient (Wildman–Crippen LogP) is -2.52. The van der Waals surface area contributed by atoms with Crippen LogP contribution in [0.5, 0.6) is 0 Å². The molecule has 0 amide bonds. The second-order valence-corrected chi connectivity index (χ2v) is 5.04. The molecule has 0 aromatic carbocycles. The van der Waals surface area contributed by atoms with Crippen LogP contribution in [-0.4, -0.2) is 58.7 Å². The van der Waals surface area contributed by atoms with E-state index in [4.69, 9.17) is 15.6 Å². The van der Waals surface area contributed by atoms with Gasteiger partial charge in [-0.1, -0.05) is 12.8 Å². The predicted molar refractivity (Wildman–Crippen MR) is 73.6 cm³/mol. The Morgan fingerprint density at radius 1 is 1.43 bits per heavy atom. The Morgan fingerprint density at radius 3 is 2.76 bits per heavy atom. The highest BCUT2D eigenvalue weighted by atomic mass is 32.1. The van der Waals surface area contributed by atoms with Gasteiger partial charge in [0.1, 0.15) is 18.3 Å². The smallest absolute Gasteiger partial charge is 0.302 e. The lowest BCUT2D eigenvalue weighted by atomic mass is 10.1. The Kier molecular flexibility index (Phi) is 3.37. The molecule has 1 fully saturated rings. The van der Waals surface area contributed by atoms with Gasteiger partial charge in [-0.25, -0.2) is 8.96 Å². The summed E-state index contributed by atoms with van der Waals surface area (Å²) in [6, 6.07) is 0. The van der Waals surface area contributed by atoms with Gasteiger partial charge in [0.2, 0.25) is 5.95 Å². The Bertz CT molecular complexity index is 745. The second kappa shape index (κ2) is 4.96. The first-order valence-corrected chi connectivity index (χ1v) is 6.42. The van der Waals surface area contributed by atoms with Crippen LogP contribution in [-0.2, 0) is 4.74 Å². The molecule has 5 N–H and O–H groups in total. The number of fused-ring (bicyclic) bond motifs is 1. The molecule has 3 heterocycles. The Balaban J connectivity index is 2.16. The molecule has 0 spiro atoms. The van der Waals surface area contributed by atoms with E-state index in [1.807, 2.05) is 0 Å². The number of nitrogens with two attached hydrogens (primary N) is 1. The summed E-state index contributed by atoms with van der Waals surface area (Å²) in [6.45, 7) is -0.460. The lowest BCUT2D eigenvalue weighted by molar-refractivity contribution is -0.0511. The van der Waals surface area contributed by atoms with Gasteiger partial charge in [0.05, 0.1) is 12.9 Å². The zero-order valence-electron chi connectivity index (χ0n) is 10.6. The van der Waals surface area contributed by atoms with E-state index in [2.05, 4.69) is 22.8 Å². The van der Waals surface area contributed by atoms with E-state index in [-0.39, 0.29) is 17.1 Å². The molecule has 0 saturated carbocycles. The van der Waals surface area contributed by atoms with E-state index in [0.29, 0.717) is 0 Å². The molecule has 0 bridgehead atoms. The van der Waals surface area contributed by atoms with E-state index in [1.54, 1.807) is 0 Å². The van der Waals surface area contributed by atoms with Crippen molar-refractivity contribution in [3.8, 4) is 0 Å². The molecular weight excluding hydrogens is 302 g/mol.